The van der Waals surface area contributed by atoms with E-state index in [2.05, 4.69) is 5.16 Å². The predicted octanol–water partition coefficient (Wildman–Crippen LogP) is 3.19. The van der Waals surface area contributed by atoms with Gasteiger partial charge in [0.1, 0.15) is 11.4 Å². The Bertz CT molecular complexity index is 687. The first-order valence-corrected chi connectivity index (χ1v) is 5.71. The summed E-state index contributed by atoms with van der Waals surface area (Å²) in [5, 5.41) is 3.99. The standard InChI is InChI=1S/C14H12N2O3/c1-17-11-4-2-3-9(7-11)12-13(16-19-14(12)15)10-5-6-18-8-10/h2-8H,15H2,1H3. The van der Waals surface area contributed by atoms with Gasteiger partial charge in [-0.3, -0.25) is 0 Å². The number of ether oxygens (including phenoxy) is 1. The molecule has 0 atom stereocenters. The molecule has 0 unspecified atom stereocenters. The topological polar surface area (TPSA) is 74.4 Å². The van der Waals surface area contributed by atoms with Crippen LogP contribution in [-0.4, -0.2) is 12.3 Å². The first kappa shape index (κ1) is 11.4. The van der Waals surface area contributed by atoms with E-state index < -0.39 is 0 Å². The van der Waals surface area contributed by atoms with Crippen LogP contribution in [0.3, 0.4) is 0 Å². The van der Waals surface area contributed by atoms with Crippen LogP contribution in [-0.2, 0) is 0 Å². The third-order valence-electron chi connectivity index (χ3n) is 2.87. The molecule has 2 N–H and O–H groups in total. The summed E-state index contributed by atoms with van der Waals surface area (Å²) in [6.45, 7) is 0. The van der Waals surface area contributed by atoms with Gasteiger partial charge in [-0.1, -0.05) is 17.3 Å². The van der Waals surface area contributed by atoms with Crippen molar-refractivity contribution >= 4 is 5.88 Å². The van der Waals surface area contributed by atoms with E-state index >= 15 is 0 Å². The number of hydrogen-bond acceptors (Lipinski definition) is 5. The fourth-order valence-electron chi connectivity index (χ4n) is 1.96. The van der Waals surface area contributed by atoms with Gasteiger partial charge in [0.25, 0.3) is 0 Å². The van der Waals surface area contributed by atoms with Gasteiger partial charge in [-0.05, 0) is 23.8 Å². The number of rotatable bonds is 3. The summed E-state index contributed by atoms with van der Waals surface area (Å²) in [4.78, 5) is 0. The fraction of sp³-hybridized carbons (Fsp3) is 0.0714. The number of benzene rings is 1. The van der Waals surface area contributed by atoms with Crippen molar-refractivity contribution in [1.29, 1.82) is 0 Å². The van der Waals surface area contributed by atoms with Gasteiger partial charge in [0.05, 0.1) is 25.2 Å². The van der Waals surface area contributed by atoms with Gasteiger partial charge in [0.15, 0.2) is 0 Å². The van der Waals surface area contributed by atoms with Crippen LogP contribution < -0.4 is 10.5 Å². The summed E-state index contributed by atoms with van der Waals surface area (Å²) in [5.74, 6) is 1.01. The Kier molecular flexibility index (Phi) is 2.72. The number of aromatic nitrogens is 1. The van der Waals surface area contributed by atoms with E-state index in [1.54, 1.807) is 25.7 Å². The Morgan fingerprint density at radius 3 is 2.84 bits per heavy atom. The van der Waals surface area contributed by atoms with Crippen molar-refractivity contribution < 1.29 is 13.7 Å². The molecule has 2 heterocycles. The van der Waals surface area contributed by atoms with Crippen LogP contribution in [0, 0.1) is 0 Å². The normalized spacial score (nSPS) is 10.6. The SMILES string of the molecule is COc1cccc(-c2c(-c3ccoc3)noc2N)c1. The molecule has 96 valence electrons. The number of nitrogen functional groups attached to an aromatic ring is 1. The van der Waals surface area contributed by atoms with Crippen LogP contribution in [0.15, 0.2) is 51.8 Å². The molecule has 5 nitrogen and oxygen atoms in total. The minimum absolute atomic E-state index is 0.268. The average molecular weight is 256 g/mol. The molecule has 3 rings (SSSR count). The van der Waals surface area contributed by atoms with Crippen LogP contribution in [0.25, 0.3) is 22.4 Å². The molecule has 19 heavy (non-hydrogen) atoms. The summed E-state index contributed by atoms with van der Waals surface area (Å²) in [6.07, 6.45) is 3.18. The van der Waals surface area contributed by atoms with Gasteiger partial charge >= 0.3 is 0 Å². The summed E-state index contributed by atoms with van der Waals surface area (Å²) in [5.41, 5.74) is 8.96. The van der Waals surface area contributed by atoms with Crippen molar-refractivity contribution in [3.05, 3.63) is 42.9 Å². The lowest BCUT2D eigenvalue weighted by Crippen LogP contribution is -1.88. The Hall–Kier alpha value is -2.69. The average Bonchev–Trinajstić information content (AvgIpc) is 3.07. The first-order chi connectivity index (χ1) is 9.29. The molecule has 0 saturated heterocycles. The first-order valence-electron chi connectivity index (χ1n) is 5.71. The second-order valence-electron chi connectivity index (χ2n) is 4.01. The van der Waals surface area contributed by atoms with Gasteiger partial charge in [-0.2, -0.15) is 0 Å². The number of hydrogen-bond donors (Lipinski definition) is 1. The van der Waals surface area contributed by atoms with E-state index in [1.165, 1.54) is 0 Å². The zero-order valence-corrected chi connectivity index (χ0v) is 10.3. The molecule has 0 aliphatic rings. The molecule has 3 aromatic rings. The van der Waals surface area contributed by atoms with Crippen molar-refractivity contribution in [2.75, 3.05) is 12.8 Å². The minimum Gasteiger partial charge on any atom is -0.497 e. The molecule has 0 bridgehead atoms. The quantitative estimate of drug-likeness (QED) is 0.778. The highest BCUT2D eigenvalue weighted by atomic mass is 16.5. The van der Waals surface area contributed by atoms with Crippen LogP contribution in [0.1, 0.15) is 0 Å². The Morgan fingerprint density at radius 1 is 1.21 bits per heavy atom. The van der Waals surface area contributed by atoms with Crippen molar-refractivity contribution in [3.63, 3.8) is 0 Å². The van der Waals surface area contributed by atoms with E-state index in [-0.39, 0.29) is 5.88 Å². The number of nitrogens with zero attached hydrogens (tertiary/aromatic N) is 1. The van der Waals surface area contributed by atoms with Gasteiger partial charge in [-0.25, -0.2) is 0 Å². The van der Waals surface area contributed by atoms with Crippen molar-refractivity contribution in [2.45, 2.75) is 0 Å². The molecule has 0 spiro atoms. The molecule has 0 fully saturated rings. The lowest BCUT2D eigenvalue weighted by atomic mass is 10.0. The second-order valence-corrected chi connectivity index (χ2v) is 4.01. The molecule has 0 radical (unpaired) electrons. The Labute approximate surface area is 109 Å². The van der Waals surface area contributed by atoms with Gasteiger partial charge in [0, 0.05) is 5.56 Å². The van der Waals surface area contributed by atoms with E-state index in [0.29, 0.717) is 5.69 Å². The number of nitrogens with two attached hydrogens (primary N) is 1. The van der Waals surface area contributed by atoms with Crippen LogP contribution >= 0.6 is 0 Å². The number of methoxy groups -OCH3 is 1. The van der Waals surface area contributed by atoms with E-state index in [0.717, 1.165) is 22.4 Å². The Morgan fingerprint density at radius 2 is 2.11 bits per heavy atom. The molecule has 5 heteroatoms. The lowest BCUT2D eigenvalue weighted by molar-refractivity contribution is 0.415. The molecular weight excluding hydrogens is 244 g/mol. The second kappa shape index (κ2) is 4.53. The van der Waals surface area contributed by atoms with E-state index in [1.807, 2.05) is 24.3 Å². The fourth-order valence-corrected chi connectivity index (χ4v) is 1.96. The molecule has 0 aliphatic heterocycles. The van der Waals surface area contributed by atoms with E-state index in [4.69, 9.17) is 19.4 Å². The minimum atomic E-state index is 0.268. The molecular formula is C14H12N2O3. The van der Waals surface area contributed by atoms with Crippen molar-refractivity contribution in [3.8, 4) is 28.1 Å². The maximum Gasteiger partial charge on any atom is 0.230 e. The van der Waals surface area contributed by atoms with Crippen molar-refractivity contribution in [2.24, 2.45) is 0 Å². The van der Waals surface area contributed by atoms with Crippen molar-refractivity contribution in [1.82, 2.24) is 5.16 Å². The van der Waals surface area contributed by atoms with Crippen LogP contribution in [0.5, 0.6) is 5.75 Å². The third kappa shape index (κ3) is 1.95. The zero-order valence-electron chi connectivity index (χ0n) is 10.3. The van der Waals surface area contributed by atoms with Gasteiger partial charge < -0.3 is 19.4 Å². The maximum atomic E-state index is 5.87. The Balaban J connectivity index is 2.16. The predicted molar refractivity (Wildman–Crippen MR) is 70.6 cm³/mol. The smallest absolute Gasteiger partial charge is 0.230 e. The molecule has 0 aliphatic carbocycles. The van der Waals surface area contributed by atoms with Crippen LogP contribution in [0.4, 0.5) is 5.88 Å². The summed E-state index contributed by atoms with van der Waals surface area (Å²) < 4.78 is 15.4. The summed E-state index contributed by atoms with van der Waals surface area (Å²) in [7, 11) is 1.62. The highest BCUT2D eigenvalue weighted by Crippen LogP contribution is 2.37. The number of anilines is 1. The van der Waals surface area contributed by atoms with Crippen LogP contribution in [0.2, 0.25) is 0 Å². The lowest BCUT2D eigenvalue weighted by Gasteiger charge is -2.04. The summed E-state index contributed by atoms with van der Waals surface area (Å²) >= 11 is 0. The van der Waals surface area contributed by atoms with E-state index in [9.17, 15) is 0 Å². The summed E-state index contributed by atoms with van der Waals surface area (Å²) in [6, 6.07) is 9.37. The molecule has 2 aromatic heterocycles. The monoisotopic (exact) mass is 256 g/mol. The highest BCUT2D eigenvalue weighted by Gasteiger charge is 2.18. The molecule has 0 saturated carbocycles. The van der Waals surface area contributed by atoms with Gasteiger partial charge in [-0.15, -0.1) is 0 Å². The zero-order chi connectivity index (χ0) is 13.2. The molecule has 1 aromatic carbocycles. The largest absolute Gasteiger partial charge is 0.497 e. The highest BCUT2D eigenvalue weighted by molar-refractivity contribution is 5.86. The number of furan rings is 1. The maximum absolute atomic E-state index is 5.87. The van der Waals surface area contributed by atoms with Gasteiger partial charge in [0.2, 0.25) is 5.88 Å². The third-order valence-corrected chi connectivity index (χ3v) is 2.87. The molecule has 0 amide bonds.